The summed E-state index contributed by atoms with van der Waals surface area (Å²) < 4.78 is 0. The highest BCUT2D eigenvalue weighted by Crippen LogP contribution is 2.20. The fourth-order valence-corrected chi connectivity index (χ4v) is 0.576. The van der Waals surface area contributed by atoms with Crippen LogP contribution in [-0.2, 0) is 4.79 Å². The minimum absolute atomic E-state index is 0.00426. The number of carbonyl (C=O) groups excluding carboxylic acids is 1. The molecule has 1 unspecified atom stereocenters. The van der Waals surface area contributed by atoms with Crippen LogP contribution in [0, 0.1) is 10.8 Å². The van der Waals surface area contributed by atoms with Crippen molar-refractivity contribution < 1.29 is 4.79 Å². The normalized spacial score (nSPS) is 14.4. The highest BCUT2D eigenvalue weighted by atomic mass is 16.3. The maximum atomic E-state index is 10.8. The van der Waals surface area contributed by atoms with Crippen molar-refractivity contribution >= 4 is 5.78 Å². The third-order valence-corrected chi connectivity index (χ3v) is 1.90. The van der Waals surface area contributed by atoms with Gasteiger partial charge in [0.05, 0.1) is 0 Å². The average Bonchev–Trinajstić information content (AvgIpc) is 1.86. The van der Waals surface area contributed by atoms with Crippen molar-refractivity contribution in [3.8, 4) is 0 Å². The highest BCUT2D eigenvalue weighted by Gasteiger charge is 2.29. The lowest BCUT2D eigenvalue weighted by atomic mass is 9.87. The average molecular weight is 143 g/mol. The summed E-state index contributed by atoms with van der Waals surface area (Å²) in [6.07, 6.45) is 0. The van der Waals surface area contributed by atoms with Gasteiger partial charge >= 0.3 is 0 Å². The Balaban J connectivity index is 4.31. The second kappa shape index (κ2) is 2.90. The van der Waals surface area contributed by atoms with Crippen LogP contribution in [0.3, 0.4) is 0 Å². The van der Waals surface area contributed by atoms with E-state index in [0.717, 1.165) is 0 Å². The maximum Gasteiger partial charge on any atom is 0.135 e. The van der Waals surface area contributed by atoms with Crippen LogP contribution >= 0.6 is 0 Å². The van der Waals surface area contributed by atoms with E-state index in [9.17, 15) is 9.70 Å². The van der Waals surface area contributed by atoms with Crippen molar-refractivity contribution in [3.63, 3.8) is 0 Å². The van der Waals surface area contributed by atoms with Gasteiger partial charge in [0, 0.05) is 5.92 Å². The van der Waals surface area contributed by atoms with E-state index >= 15 is 0 Å². The third kappa shape index (κ3) is 1.90. The van der Waals surface area contributed by atoms with Gasteiger partial charge in [-0.2, -0.15) is 4.91 Å². The van der Waals surface area contributed by atoms with Crippen molar-refractivity contribution in [2.75, 3.05) is 0 Å². The highest BCUT2D eigenvalue weighted by molar-refractivity contribution is 5.79. The van der Waals surface area contributed by atoms with Crippen molar-refractivity contribution in [2.24, 2.45) is 11.1 Å². The van der Waals surface area contributed by atoms with E-state index in [1.54, 1.807) is 20.8 Å². The van der Waals surface area contributed by atoms with Gasteiger partial charge < -0.3 is 0 Å². The van der Waals surface area contributed by atoms with Gasteiger partial charge in [0.15, 0.2) is 0 Å². The molecule has 0 spiro atoms. The lowest BCUT2D eigenvalue weighted by molar-refractivity contribution is -0.121. The first-order valence-electron chi connectivity index (χ1n) is 3.27. The summed E-state index contributed by atoms with van der Waals surface area (Å²) in [6, 6.07) is 0. The Morgan fingerprint density at radius 1 is 1.50 bits per heavy atom. The van der Waals surface area contributed by atoms with Crippen molar-refractivity contribution in [1.82, 2.24) is 0 Å². The minimum Gasteiger partial charge on any atom is -0.300 e. The molecule has 0 saturated carbocycles. The zero-order valence-electron chi connectivity index (χ0n) is 6.84. The molecular formula is C7H13NO2. The number of nitroso groups, excluding NO2 is 1. The molecule has 0 aromatic heterocycles. The molecule has 0 aliphatic carbocycles. The van der Waals surface area contributed by atoms with Crippen LogP contribution in [0.2, 0.25) is 0 Å². The third-order valence-electron chi connectivity index (χ3n) is 1.90. The van der Waals surface area contributed by atoms with Gasteiger partial charge in [-0.25, -0.2) is 0 Å². The Bertz CT molecular complexity index is 152. The molecular weight excluding hydrogens is 130 g/mol. The predicted octanol–water partition coefficient (Wildman–Crippen LogP) is 1.76. The van der Waals surface area contributed by atoms with Gasteiger partial charge in [-0.1, -0.05) is 12.1 Å². The molecule has 3 heteroatoms. The zero-order valence-corrected chi connectivity index (χ0v) is 6.84. The quantitative estimate of drug-likeness (QED) is 0.565. The SMILES string of the molecule is CC(=O)C(C)C(C)(C)N=O. The molecule has 3 nitrogen and oxygen atoms in total. The molecule has 0 rings (SSSR count). The standard InChI is InChI=1S/C7H13NO2/c1-5(6(2)9)7(3,4)8-10/h5H,1-4H3. The summed E-state index contributed by atoms with van der Waals surface area (Å²) in [4.78, 5) is 20.9. The van der Waals surface area contributed by atoms with Crippen LogP contribution < -0.4 is 0 Å². The van der Waals surface area contributed by atoms with Gasteiger partial charge in [-0.15, -0.1) is 0 Å². The summed E-state index contributed by atoms with van der Waals surface area (Å²) in [7, 11) is 0. The molecule has 0 amide bonds. The predicted molar refractivity (Wildman–Crippen MR) is 39.7 cm³/mol. The van der Waals surface area contributed by atoms with Crippen molar-refractivity contribution in [3.05, 3.63) is 4.91 Å². The molecule has 0 heterocycles. The molecule has 0 aromatic carbocycles. The van der Waals surface area contributed by atoms with Crippen LogP contribution in [0.4, 0.5) is 0 Å². The monoisotopic (exact) mass is 143 g/mol. The summed E-state index contributed by atoms with van der Waals surface area (Å²) in [5.41, 5.74) is -0.758. The molecule has 0 saturated heterocycles. The summed E-state index contributed by atoms with van der Waals surface area (Å²) in [5.74, 6) is -0.283. The minimum atomic E-state index is -0.758. The molecule has 0 bridgehead atoms. The van der Waals surface area contributed by atoms with Crippen LogP contribution in [0.25, 0.3) is 0 Å². The largest absolute Gasteiger partial charge is 0.300 e. The second-order valence-electron chi connectivity index (χ2n) is 3.08. The van der Waals surface area contributed by atoms with Gasteiger partial charge in [-0.3, -0.25) is 4.79 Å². The van der Waals surface area contributed by atoms with E-state index in [1.807, 2.05) is 0 Å². The maximum absolute atomic E-state index is 10.8. The Kier molecular flexibility index (Phi) is 2.69. The summed E-state index contributed by atoms with van der Waals surface area (Å²) in [5, 5.41) is 2.87. The molecule has 10 heavy (non-hydrogen) atoms. The van der Waals surface area contributed by atoms with Crippen molar-refractivity contribution in [2.45, 2.75) is 33.2 Å². The lowest BCUT2D eigenvalue weighted by Gasteiger charge is -2.20. The Hall–Kier alpha value is -0.730. The summed E-state index contributed by atoms with van der Waals surface area (Å²) >= 11 is 0. The van der Waals surface area contributed by atoms with E-state index < -0.39 is 5.54 Å². The van der Waals surface area contributed by atoms with Crippen LogP contribution in [0.5, 0.6) is 0 Å². The molecule has 0 aliphatic heterocycles. The van der Waals surface area contributed by atoms with Crippen LogP contribution in [0.15, 0.2) is 5.18 Å². The number of Topliss-reactive ketones (excluding diaryl/α,β-unsaturated/α-hetero) is 1. The molecule has 0 fully saturated rings. The molecule has 0 aromatic rings. The first-order valence-corrected chi connectivity index (χ1v) is 3.27. The van der Waals surface area contributed by atoms with E-state index in [2.05, 4.69) is 5.18 Å². The molecule has 1 atom stereocenters. The fourth-order valence-electron chi connectivity index (χ4n) is 0.576. The van der Waals surface area contributed by atoms with E-state index in [1.165, 1.54) is 6.92 Å². The number of rotatable bonds is 3. The molecule has 0 radical (unpaired) electrons. The number of hydrogen-bond acceptors (Lipinski definition) is 3. The number of nitrogens with zero attached hydrogens (tertiary/aromatic N) is 1. The van der Waals surface area contributed by atoms with Gasteiger partial charge in [0.2, 0.25) is 0 Å². The number of hydrogen-bond donors (Lipinski definition) is 0. The summed E-state index contributed by atoms with van der Waals surface area (Å²) in [6.45, 7) is 6.50. The number of ketones is 1. The van der Waals surface area contributed by atoms with Gasteiger partial charge in [0.1, 0.15) is 11.3 Å². The fraction of sp³-hybridized carbons (Fsp3) is 0.857. The molecule has 58 valence electrons. The smallest absolute Gasteiger partial charge is 0.135 e. The Labute approximate surface area is 60.8 Å². The Morgan fingerprint density at radius 3 is 2.00 bits per heavy atom. The van der Waals surface area contributed by atoms with Crippen LogP contribution in [-0.4, -0.2) is 11.3 Å². The van der Waals surface area contributed by atoms with Crippen LogP contribution in [0.1, 0.15) is 27.7 Å². The first-order chi connectivity index (χ1) is 4.41. The zero-order chi connectivity index (χ0) is 8.36. The van der Waals surface area contributed by atoms with Crippen molar-refractivity contribution in [1.29, 1.82) is 0 Å². The van der Waals surface area contributed by atoms with Gasteiger partial charge in [0.25, 0.3) is 0 Å². The Morgan fingerprint density at radius 2 is 1.90 bits per heavy atom. The molecule has 0 aliphatic rings. The topological polar surface area (TPSA) is 46.5 Å². The lowest BCUT2D eigenvalue weighted by Crippen LogP contribution is -2.31. The molecule has 0 N–H and O–H groups in total. The number of carbonyl (C=O) groups is 1. The first kappa shape index (κ1) is 9.27. The van der Waals surface area contributed by atoms with Gasteiger partial charge in [-0.05, 0) is 20.8 Å². The van der Waals surface area contributed by atoms with E-state index in [-0.39, 0.29) is 11.7 Å². The van der Waals surface area contributed by atoms with E-state index in [0.29, 0.717) is 0 Å². The second-order valence-corrected chi connectivity index (χ2v) is 3.08. The van der Waals surface area contributed by atoms with E-state index in [4.69, 9.17) is 0 Å².